The summed E-state index contributed by atoms with van der Waals surface area (Å²) in [7, 11) is 2.26. The molecule has 232 valence electrons. The Labute approximate surface area is 254 Å². The van der Waals surface area contributed by atoms with Crippen molar-refractivity contribution in [3.05, 3.63) is 127 Å². The van der Waals surface area contributed by atoms with Gasteiger partial charge in [-0.25, -0.2) is 8.42 Å². The fraction of sp³-hybridized carbons (Fsp3) is 0.333. The van der Waals surface area contributed by atoms with Crippen molar-refractivity contribution >= 4 is 9.84 Å². The Morgan fingerprint density at radius 2 is 0.683 bits per heavy atom. The van der Waals surface area contributed by atoms with Crippen molar-refractivity contribution < 1.29 is 17.9 Å². The van der Waals surface area contributed by atoms with Gasteiger partial charge in [-0.15, -0.1) is 0 Å². The van der Waals surface area contributed by atoms with E-state index in [0.29, 0.717) is 0 Å². The van der Waals surface area contributed by atoms with Gasteiger partial charge < -0.3 is 9.47 Å². The van der Waals surface area contributed by atoms with Crippen LogP contribution in [0.5, 0.6) is 5.75 Å². The Morgan fingerprint density at radius 3 is 0.878 bits per heavy atom. The van der Waals surface area contributed by atoms with E-state index in [-0.39, 0.29) is 14.9 Å². The lowest BCUT2D eigenvalue weighted by Crippen LogP contribution is -1.86. The summed E-state index contributed by atoms with van der Waals surface area (Å²) < 4.78 is 28.6. The zero-order valence-corrected chi connectivity index (χ0v) is 26.4. The molecular weight excluding hydrogens is 528 g/mol. The average Bonchev–Trinajstić information content (AvgIpc) is 2.98. The van der Waals surface area contributed by atoms with E-state index in [4.69, 9.17) is 4.74 Å². The highest BCUT2D eigenvalue weighted by atomic mass is 32.2. The van der Waals surface area contributed by atoms with Gasteiger partial charge in [0.15, 0.2) is 0 Å². The molecule has 0 aliphatic rings. The molecule has 0 saturated heterocycles. The Bertz CT molecular complexity index is 987. The third kappa shape index (κ3) is 36.6. The minimum Gasteiger partial charge on any atom is -0.497 e. The molecule has 0 N–H and O–H groups in total. The highest BCUT2D eigenvalue weighted by molar-refractivity contribution is 7.89. The predicted octanol–water partition coefficient (Wildman–Crippen LogP) is 10.3. The first kappa shape index (κ1) is 47.4. The molecule has 0 amide bonds. The van der Waals surface area contributed by atoms with Gasteiger partial charge in [-0.05, 0) is 30.2 Å². The van der Waals surface area contributed by atoms with E-state index in [9.17, 15) is 8.42 Å². The Balaban J connectivity index is -0.000000141. The molecule has 0 heterocycles. The Morgan fingerprint density at radius 1 is 0.488 bits per heavy atom. The van der Waals surface area contributed by atoms with E-state index >= 15 is 0 Å². The fourth-order valence-corrected chi connectivity index (χ4v) is 2.30. The molecule has 0 saturated carbocycles. The molecule has 0 aliphatic carbocycles. The summed E-state index contributed by atoms with van der Waals surface area (Å²) in [5.41, 5.74) is 3.74. The average molecular weight is 587 g/mol. The Hall–Kier alpha value is -3.41. The van der Waals surface area contributed by atoms with Gasteiger partial charge in [0.2, 0.25) is 0 Å². The van der Waals surface area contributed by atoms with E-state index in [1.54, 1.807) is 21.3 Å². The van der Waals surface area contributed by atoms with Gasteiger partial charge >= 0.3 is 0 Å². The maximum atomic E-state index is 9.63. The van der Waals surface area contributed by atoms with Gasteiger partial charge in [0, 0.05) is 26.7 Å². The van der Waals surface area contributed by atoms with Crippen LogP contribution in [0, 0.1) is 6.92 Å². The molecule has 4 nitrogen and oxygen atoms in total. The second-order valence-corrected chi connectivity index (χ2v) is 9.74. The fourth-order valence-electron chi connectivity index (χ4n) is 2.30. The van der Waals surface area contributed by atoms with E-state index in [1.807, 2.05) is 113 Å². The van der Waals surface area contributed by atoms with Crippen molar-refractivity contribution in [3.63, 3.8) is 0 Å². The number of hydrogen-bond acceptors (Lipinski definition) is 4. The monoisotopic (exact) mass is 586 g/mol. The number of ether oxygens (including phenoxy) is 2. The van der Waals surface area contributed by atoms with Crippen molar-refractivity contribution in [1.29, 1.82) is 0 Å². The SMILES string of the molecule is C.C.CC.CC.COC.COc1ccc(-c2ccc(C)cc2)cc1.CS(C)(=O)=O.c1ccccc1.c1ccccc1. The van der Waals surface area contributed by atoms with Crippen LogP contribution in [-0.2, 0) is 14.6 Å². The lowest BCUT2D eigenvalue weighted by Gasteiger charge is -2.03. The first-order valence-electron chi connectivity index (χ1n) is 13.0. The first-order valence-corrected chi connectivity index (χ1v) is 15.3. The third-order valence-corrected chi connectivity index (χ3v) is 3.81. The van der Waals surface area contributed by atoms with Crippen LogP contribution in [-0.4, -0.2) is 42.3 Å². The number of benzene rings is 4. The highest BCUT2D eigenvalue weighted by Crippen LogP contribution is 2.22. The summed E-state index contributed by atoms with van der Waals surface area (Å²) in [5.74, 6) is 0.894. The normalized spacial score (nSPS) is 8.15. The van der Waals surface area contributed by atoms with E-state index in [2.05, 4.69) is 48.1 Å². The summed E-state index contributed by atoms with van der Waals surface area (Å²) in [6.07, 6.45) is 2.32. The van der Waals surface area contributed by atoms with E-state index < -0.39 is 9.84 Å². The van der Waals surface area contributed by atoms with Gasteiger partial charge in [-0.3, -0.25) is 0 Å². The smallest absolute Gasteiger partial charge is 0.144 e. The van der Waals surface area contributed by atoms with Crippen molar-refractivity contribution in [3.8, 4) is 16.9 Å². The van der Waals surface area contributed by atoms with Crippen LogP contribution < -0.4 is 4.74 Å². The van der Waals surface area contributed by atoms with E-state index in [0.717, 1.165) is 18.3 Å². The quantitative estimate of drug-likeness (QED) is 0.234. The second kappa shape index (κ2) is 34.6. The van der Waals surface area contributed by atoms with Crippen molar-refractivity contribution in [1.82, 2.24) is 0 Å². The van der Waals surface area contributed by atoms with Crippen LogP contribution in [0.1, 0.15) is 48.1 Å². The summed E-state index contributed by atoms with van der Waals surface area (Å²) in [6.45, 7) is 10.1. The molecule has 0 fully saturated rings. The largest absolute Gasteiger partial charge is 0.497 e. The van der Waals surface area contributed by atoms with Crippen LogP contribution >= 0.6 is 0 Å². The highest BCUT2D eigenvalue weighted by Gasteiger charge is 1.97. The summed E-state index contributed by atoms with van der Waals surface area (Å²) >= 11 is 0. The zero-order chi connectivity index (χ0) is 30.4. The van der Waals surface area contributed by atoms with E-state index in [1.165, 1.54) is 16.7 Å². The maximum Gasteiger partial charge on any atom is 0.144 e. The lowest BCUT2D eigenvalue weighted by atomic mass is 10.0. The Kier molecular flexibility index (Phi) is 40.0. The number of sulfone groups is 1. The molecular formula is C36H58O4S. The molecule has 4 aromatic carbocycles. The molecule has 41 heavy (non-hydrogen) atoms. The van der Waals surface area contributed by atoms with Crippen LogP contribution in [0.15, 0.2) is 121 Å². The van der Waals surface area contributed by atoms with Crippen molar-refractivity contribution in [2.24, 2.45) is 0 Å². The topological polar surface area (TPSA) is 52.6 Å². The second-order valence-electron chi connectivity index (χ2n) is 7.46. The number of hydrogen-bond donors (Lipinski definition) is 0. The van der Waals surface area contributed by atoms with Crippen LogP contribution in [0.4, 0.5) is 0 Å². The van der Waals surface area contributed by atoms with Crippen LogP contribution in [0.2, 0.25) is 0 Å². The minimum absolute atomic E-state index is 0. The molecule has 4 aromatic rings. The third-order valence-electron chi connectivity index (χ3n) is 3.81. The van der Waals surface area contributed by atoms with Gasteiger partial charge in [0.25, 0.3) is 0 Å². The number of aryl methyl sites for hydroxylation is 1. The van der Waals surface area contributed by atoms with Gasteiger partial charge in [0.1, 0.15) is 15.6 Å². The molecule has 0 aromatic heterocycles. The maximum absolute atomic E-state index is 9.63. The van der Waals surface area contributed by atoms with Gasteiger partial charge in [0.05, 0.1) is 7.11 Å². The van der Waals surface area contributed by atoms with Gasteiger partial charge in [-0.1, -0.05) is 157 Å². The molecule has 0 radical (unpaired) electrons. The zero-order valence-electron chi connectivity index (χ0n) is 25.6. The number of methoxy groups -OCH3 is 2. The summed E-state index contributed by atoms with van der Waals surface area (Å²) in [6, 6.07) is 40.6. The van der Waals surface area contributed by atoms with Crippen LogP contribution in [0.3, 0.4) is 0 Å². The minimum atomic E-state index is -2.67. The molecule has 0 bridgehead atoms. The summed E-state index contributed by atoms with van der Waals surface area (Å²) in [4.78, 5) is 0. The summed E-state index contributed by atoms with van der Waals surface area (Å²) in [5, 5.41) is 0. The van der Waals surface area contributed by atoms with Crippen molar-refractivity contribution in [2.45, 2.75) is 49.5 Å². The molecule has 4 rings (SSSR count). The molecule has 0 atom stereocenters. The van der Waals surface area contributed by atoms with Crippen LogP contribution in [0.25, 0.3) is 11.1 Å². The molecule has 5 heteroatoms. The molecule has 0 aliphatic heterocycles. The standard InChI is InChI=1S/C14H14O.2C6H6.C2H6O2S.C2H6O.2C2H6.2CH4/c1-11-3-5-12(6-4-11)13-7-9-14(15-2)10-8-13;2*1-2-4-6-5-3-1;1-5(2,3)4;1-3-2;2*1-2;;/h3-10H,1-2H3;2*1-6H;1-2H3;1-2H3;2*1-2H3;2*1H4. The molecule has 0 spiro atoms. The van der Waals surface area contributed by atoms with Crippen molar-refractivity contribution in [2.75, 3.05) is 33.8 Å². The first-order chi connectivity index (χ1) is 18.7. The number of rotatable bonds is 2. The lowest BCUT2D eigenvalue weighted by molar-refractivity contribution is 0.277. The predicted molar refractivity (Wildman–Crippen MR) is 186 cm³/mol. The molecule has 0 unspecified atom stereocenters. The van der Waals surface area contributed by atoms with Gasteiger partial charge in [-0.2, -0.15) is 0 Å².